The summed E-state index contributed by atoms with van der Waals surface area (Å²) in [5.41, 5.74) is 8.68. The highest BCUT2D eigenvalue weighted by atomic mass is 32.2. The zero-order chi connectivity index (χ0) is 18.1. The smallest absolute Gasteiger partial charge is 0.267 e. The molecule has 0 atom stereocenters. The Labute approximate surface area is 155 Å². The summed E-state index contributed by atoms with van der Waals surface area (Å²) in [6.07, 6.45) is 9.28. The summed E-state index contributed by atoms with van der Waals surface area (Å²) < 4.78 is 30.0. The van der Waals surface area contributed by atoms with E-state index in [0.29, 0.717) is 25.4 Å². The van der Waals surface area contributed by atoms with Crippen molar-refractivity contribution >= 4 is 15.7 Å². The average Bonchev–Trinajstić information content (AvgIpc) is 3.08. The zero-order valence-electron chi connectivity index (χ0n) is 15.0. The van der Waals surface area contributed by atoms with E-state index >= 15 is 0 Å². The fraction of sp³-hybridized carbons (Fsp3) is 0.526. The Balaban J connectivity index is 1.67. The van der Waals surface area contributed by atoms with Crippen LogP contribution in [-0.2, 0) is 29.4 Å². The molecule has 7 heteroatoms. The van der Waals surface area contributed by atoms with Crippen molar-refractivity contribution in [3.05, 3.63) is 41.7 Å². The third kappa shape index (κ3) is 3.14. The molecule has 140 valence electrons. The Bertz CT molecular complexity index is 887. The van der Waals surface area contributed by atoms with Gasteiger partial charge in [-0.05, 0) is 55.7 Å². The summed E-state index contributed by atoms with van der Waals surface area (Å²) in [5, 5.41) is 4.30. The minimum absolute atomic E-state index is 0.284. The topological polar surface area (TPSA) is 81.2 Å². The third-order valence-electron chi connectivity index (χ3n) is 5.54. The third-order valence-corrected chi connectivity index (χ3v) is 7.29. The van der Waals surface area contributed by atoms with Crippen LogP contribution in [0.4, 0.5) is 5.69 Å². The van der Waals surface area contributed by atoms with Crippen molar-refractivity contribution in [1.82, 2.24) is 9.78 Å². The van der Waals surface area contributed by atoms with Crippen molar-refractivity contribution in [3.8, 4) is 0 Å². The molecule has 0 bridgehead atoms. The lowest BCUT2D eigenvalue weighted by atomic mass is 9.85. The second-order valence-corrected chi connectivity index (χ2v) is 9.20. The van der Waals surface area contributed by atoms with Crippen molar-refractivity contribution < 1.29 is 8.42 Å². The predicted molar refractivity (Wildman–Crippen MR) is 102 cm³/mol. The van der Waals surface area contributed by atoms with Crippen molar-refractivity contribution in [3.63, 3.8) is 0 Å². The van der Waals surface area contributed by atoms with Crippen LogP contribution in [0.1, 0.15) is 36.8 Å². The monoisotopic (exact) mass is 374 g/mol. The van der Waals surface area contributed by atoms with Crippen LogP contribution >= 0.6 is 0 Å². The van der Waals surface area contributed by atoms with Gasteiger partial charge in [-0.3, -0.25) is 8.99 Å². The fourth-order valence-corrected chi connectivity index (χ4v) is 5.47. The van der Waals surface area contributed by atoms with E-state index in [9.17, 15) is 8.42 Å². The molecule has 1 aliphatic carbocycles. The molecule has 0 unspecified atom stereocenters. The van der Waals surface area contributed by atoms with Gasteiger partial charge in [0.15, 0.2) is 0 Å². The molecule has 1 aromatic carbocycles. The van der Waals surface area contributed by atoms with Gasteiger partial charge in [0.05, 0.1) is 11.9 Å². The van der Waals surface area contributed by atoms with Crippen LogP contribution in [0.2, 0.25) is 0 Å². The van der Waals surface area contributed by atoms with E-state index in [2.05, 4.69) is 5.10 Å². The second-order valence-electron chi connectivity index (χ2n) is 7.34. The lowest BCUT2D eigenvalue weighted by Gasteiger charge is -2.32. The first-order valence-corrected chi connectivity index (χ1v) is 10.9. The van der Waals surface area contributed by atoms with Crippen LogP contribution in [0, 0.1) is 5.92 Å². The minimum Gasteiger partial charge on any atom is -0.330 e. The van der Waals surface area contributed by atoms with Crippen molar-refractivity contribution in [2.24, 2.45) is 11.7 Å². The van der Waals surface area contributed by atoms with Gasteiger partial charge in [-0.15, -0.1) is 0 Å². The Morgan fingerprint density at radius 1 is 1.23 bits per heavy atom. The van der Waals surface area contributed by atoms with E-state index in [1.165, 1.54) is 25.5 Å². The van der Waals surface area contributed by atoms with Crippen molar-refractivity contribution in [2.75, 3.05) is 17.4 Å². The molecule has 2 N–H and O–H groups in total. The van der Waals surface area contributed by atoms with Gasteiger partial charge in [0.25, 0.3) is 10.0 Å². The number of anilines is 1. The van der Waals surface area contributed by atoms with Crippen molar-refractivity contribution in [2.45, 2.75) is 50.0 Å². The number of hydrogen-bond donors (Lipinski definition) is 1. The molecule has 1 aliphatic heterocycles. The Hall–Kier alpha value is -1.86. The molecule has 0 spiro atoms. The summed E-state index contributed by atoms with van der Waals surface area (Å²) in [6.45, 7) is 1.82. The van der Waals surface area contributed by atoms with Gasteiger partial charge >= 0.3 is 0 Å². The molecule has 0 saturated heterocycles. The molecule has 2 aromatic rings. The van der Waals surface area contributed by atoms with E-state index in [0.717, 1.165) is 36.2 Å². The van der Waals surface area contributed by atoms with Crippen LogP contribution in [0.25, 0.3) is 0 Å². The number of sulfonamides is 1. The van der Waals surface area contributed by atoms with Crippen LogP contribution in [0.3, 0.4) is 0 Å². The number of nitrogens with two attached hydrogens (primary N) is 1. The van der Waals surface area contributed by atoms with Gasteiger partial charge in [-0.25, -0.2) is 8.42 Å². The Morgan fingerprint density at radius 3 is 2.81 bits per heavy atom. The number of rotatable bonds is 6. The summed E-state index contributed by atoms with van der Waals surface area (Å²) in [7, 11) is -3.61. The van der Waals surface area contributed by atoms with E-state index in [1.807, 2.05) is 18.2 Å². The van der Waals surface area contributed by atoms with Gasteiger partial charge in [0.2, 0.25) is 0 Å². The maximum atomic E-state index is 13.3. The molecule has 4 rings (SSSR count). The van der Waals surface area contributed by atoms with Gasteiger partial charge in [0, 0.05) is 19.3 Å². The van der Waals surface area contributed by atoms with E-state index in [-0.39, 0.29) is 4.90 Å². The van der Waals surface area contributed by atoms with E-state index in [4.69, 9.17) is 5.73 Å². The number of nitrogens with zero attached hydrogens (tertiary/aromatic N) is 3. The SMILES string of the molecule is NCCc1cccc2c1N(S(=O)(=O)c1cnn(CC3CCC3)c1)CCC2. The average molecular weight is 375 g/mol. The standard InChI is InChI=1S/C19H26N4O2S/c20-10-9-17-7-2-6-16-8-3-11-23(19(16)17)26(24,25)18-12-21-22(14-18)13-15-4-1-5-15/h2,6-7,12,14-15H,1,3-5,8-11,13,20H2. The highest BCUT2D eigenvalue weighted by Crippen LogP contribution is 2.35. The van der Waals surface area contributed by atoms with Gasteiger partial charge < -0.3 is 5.73 Å². The van der Waals surface area contributed by atoms with Crippen LogP contribution in [0.5, 0.6) is 0 Å². The predicted octanol–water partition coefficient (Wildman–Crippen LogP) is 2.33. The molecule has 1 aromatic heterocycles. The molecule has 0 amide bonds. The molecule has 0 radical (unpaired) electrons. The number of benzene rings is 1. The van der Waals surface area contributed by atoms with Gasteiger partial charge in [0.1, 0.15) is 4.90 Å². The maximum Gasteiger partial charge on any atom is 0.267 e. The number of aromatic nitrogens is 2. The van der Waals surface area contributed by atoms with E-state index < -0.39 is 10.0 Å². The second kappa shape index (κ2) is 7.04. The molecule has 26 heavy (non-hydrogen) atoms. The highest BCUT2D eigenvalue weighted by molar-refractivity contribution is 7.92. The first kappa shape index (κ1) is 17.5. The van der Waals surface area contributed by atoms with Crippen LogP contribution < -0.4 is 10.0 Å². The quantitative estimate of drug-likeness (QED) is 0.841. The molecule has 2 heterocycles. The van der Waals surface area contributed by atoms with Crippen LogP contribution in [0.15, 0.2) is 35.5 Å². The fourth-order valence-electron chi connectivity index (χ4n) is 3.93. The van der Waals surface area contributed by atoms with Gasteiger partial charge in [-0.1, -0.05) is 24.6 Å². The molecule has 2 aliphatic rings. The van der Waals surface area contributed by atoms with E-state index in [1.54, 1.807) is 15.2 Å². The summed E-state index contributed by atoms with van der Waals surface area (Å²) in [5.74, 6) is 0.636. The Kier molecular flexibility index (Phi) is 4.75. The number of fused-ring (bicyclic) bond motifs is 1. The first-order chi connectivity index (χ1) is 12.6. The van der Waals surface area contributed by atoms with Gasteiger partial charge in [-0.2, -0.15) is 5.10 Å². The molecular weight excluding hydrogens is 348 g/mol. The zero-order valence-corrected chi connectivity index (χ0v) is 15.8. The minimum atomic E-state index is -3.61. The number of para-hydroxylation sites is 1. The maximum absolute atomic E-state index is 13.3. The lowest BCUT2D eigenvalue weighted by Crippen LogP contribution is -2.36. The number of hydrogen-bond acceptors (Lipinski definition) is 4. The molecular formula is C19H26N4O2S. The number of aryl methyl sites for hydroxylation is 1. The van der Waals surface area contributed by atoms with Crippen molar-refractivity contribution in [1.29, 1.82) is 0 Å². The summed E-state index contributed by atoms with van der Waals surface area (Å²) >= 11 is 0. The summed E-state index contributed by atoms with van der Waals surface area (Å²) in [4.78, 5) is 0.284. The summed E-state index contributed by atoms with van der Waals surface area (Å²) in [6, 6.07) is 6.01. The highest BCUT2D eigenvalue weighted by Gasteiger charge is 2.32. The molecule has 1 saturated carbocycles. The van der Waals surface area contributed by atoms with Crippen LogP contribution in [-0.4, -0.2) is 31.3 Å². The first-order valence-electron chi connectivity index (χ1n) is 9.45. The lowest BCUT2D eigenvalue weighted by molar-refractivity contribution is 0.266. The normalized spacial score (nSPS) is 17.8. The molecule has 1 fully saturated rings. The molecule has 6 nitrogen and oxygen atoms in total. The Morgan fingerprint density at radius 2 is 2.08 bits per heavy atom. The largest absolute Gasteiger partial charge is 0.330 e.